The fourth-order valence-corrected chi connectivity index (χ4v) is 3.50. The molecular weight excluding hydrogens is 260 g/mol. The Bertz CT molecular complexity index is 456. The zero-order valence-electron chi connectivity index (χ0n) is 14.1. The highest BCUT2D eigenvalue weighted by atomic mass is 16.5. The van der Waals surface area contributed by atoms with Crippen molar-refractivity contribution in [1.82, 2.24) is 10.3 Å². The van der Waals surface area contributed by atoms with Crippen molar-refractivity contribution in [3.05, 3.63) is 24.0 Å². The van der Waals surface area contributed by atoms with Crippen molar-refractivity contribution >= 4 is 0 Å². The van der Waals surface area contributed by atoms with Crippen LogP contribution in [0.2, 0.25) is 0 Å². The molecule has 1 saturated carbocycles. The summed E-state index contributed by atoms with van der Waals surface area (Å²) >= 11 is 0. The van der Waals surface area contributed by atoms with Gasteiger partial charge >= 0.3 is 0 Å². The van der Waals surface area contributed by atoms with Crippen LogP contribution in [0.15, 0.2) is 18.5 Å². The second-order valence-electron chi connectivity index (χ2n) is 7.67. The summed E-state index contributed by atoms with van der Waals surface area (Å²) in [6.45, 7) is 12.2. The highest BCUT2D eigenvalue weighted by Crippen LogP contribution is 2.40. The molecule has 0 aliphatic heterocycles. The lowest BCUT2D eigenvalue weighted by molar-refractivity contribution is 0.0554. The molecule has 1 N–H and O–H groups in total. The lowest BCUT2D eigenvalue weighted by Gasteiger charge is -2.39. The van der Waals surface area contributed by atoms with Crippen LogP contribution in [0.4, 0.5) is 0 Å². The van der Waals surface area contributed by atoms with Crippen LogP contribution in [0.25, 0.3) is 0 Å². The maximum Gasteiger partial charge on any atom is 0.127 e. The van der Waals surface area contributed by atoms with Crippen LogP contribution < -0.4 is 10.1 Å². The molecule has 0 spiro atoms. The summed E-state index contributed by atoms with van der Waals surface area (Å²) in [4.78, 5) is 4.24. The quantitative estimate of drug-likeness (QED) is 0.883. The number of nitrogens with one attached hydrogen (secondary N) is 1. The number of aromatic nitrogens is 1. The van der Waals surface area contributed by atoms with E-state index in [1.54, 1.807) is 0 Å². The summed E-state index contributed by atoms with van der Waals surface area (Å²) in [7, 11) is 0. The van der Waals surface area contributed by atoms with Gasteiger partial charge in [-0.1, -0.05) is 34.6 Å². The van der Waals surface area contributed by atoms with Gasteiger partial charge in [0.1, 0.15) is 5.75 Å². The van der Waals surface area contributed by atoms with E-state index >= 15 is 0 Å². The highest BCUT2D eigenvalue weighted by molar-refractivity contribution is 5.30. The fraction of sp³-hybridized carbons (Fsp3) is 0.722. The van der Waals surface area contributed by atoms with E-state index in [2.05, 4.69) is 44.9 Å². The van der Waals surface area contributed by atoms with Gasteiger partial charge in [0.25, 0.3) is 0 Å². The predicted octanol–water partition coefficient (Wildman–Crippen LogP) is 4.17. The van der Waals surface area contributed by atoms with Crippen LogP contribution in [-0.4, -0.2) is 17.1 Å². The number of pyridine rings is 1. The Hall–Kier alpha value is -1.09. The van der Waals surface area contributed by atoms with Gasteiger partial charge in [-0.2, -0.15) is 0 Å². The first kappa shape index (κ1) is 16.3. The third-order valence-corrected chi connectivity index (χ3v) is 4.20. The molecule has 0 saturated heterocycles. The second-order valence-corrected chi connectivity index (χ2v) is 7.67. The molecule has 0 amide bonds. The molecule has 1 heterocycles. The second kappa shape index (κ2) is 6.78. The first-order chi connectivity index (χ1) is 9.85. The molecule has 2 unspecified atom stereocenters. The molecule has 0 aromatic carbocycles. The van der Waals surface area contributed by atoms with E-state index in [9.17, 15) is 0 Å². The van der Waals surface area contributed by atoms with E-state index in [1.807, 2.05) is 18.5 Å². The standard InChI is InChI=1S/C18H30N2O/c1-13(2)20-12-15-11-19-7-6-17(15)21-16-8-14(3)9-18(4,5)10-16/h6-7,11,13-14,16,20H,8-10,12H2,1-5H3. The normalized spacial score (nSPS) is 25.0. The largest absolute Gasteiger partial charge is 0.490 e. The topological polar surface area (TPSA) is 34.1 Å². The van der Waals surface area contributed by atoms with Gasteiger partial charge < -0.3 is 10.1 Å². The minimum Gasteiger partial charge on any atom is -0.490 e. The summed E-state index contributed by atoms with van der Waals surface area (Å²) in [5.74, 6) is 1.73. The first-order valence-corrected chi connectivity index (χ1v) is 8.18. The lowest BCUT2D eigenvalue weighted by Crippen LogP contribution is -2.34. The SMILES string of the molecule is CC1CC(Oc2ccncc2CNC(C)C)CC(C)(C)C1. The maximum absolute atomic E-state index is 6.34. The number of rotatable bonds is 5. The summed E-state index contributed by atoms with van der Waals surface area (Å²) in [5, 5.41) is 3.44. The highest BCUT2D eigenvalue weighted by Gasteiger charge is 2.33. The predicted molar refractivity (Wildman–Crippen MR) is 87.4 cm³/mol. The van der Waals surface area contributed by atoms with Crippen LogP contribution in [0.5, 0.6) is 5.75 Å². The summed E-state index contributed by atoms with van der Waals surface area (Å²) < 4.78 is 6.34. The van der Waals surface area contributed by atoms with E-state index < -0.39 is 0 Å². The number of hydrogen-bond donors (Lipinski definition) is 1. The molecule has 1 aliphatic rings. The molecule has 21 heavy (non-hydrogen) atoms. The van der Waals surface area contributed by atoms with Crippen molar-refractivity contribution in [2.75, 3.05) is 0 Å². The molecule has 1 aliphatic carbocycles. The number of nitrogens with zero attached hydrogens (tertiary/aromatic N) is 1. The molecule has 3 heteroatoms. The zero-order chi connectivity index (χ0) is 15.5. The van der Waals surface area contributed by atoms with Crippen molar-refractivity contribution in [2.24, 2.45) is 11.3 Å². The molecule has 1 fully saturated rings. The zero-order valence-corrected chi connectivity index (χ0v) is 14.1. The Morgan fingerprint density at radius 1 is 1.38 bits per heavy atom. The molecule has 2 rings (SSSR count). The van der Waals surface area contributed by atoms with E-state index in [4.69, 9.17) is 4.74 Å². The van der Waals surface area contributed by atoms with E-state index in [0.717, 1.165) is 36.6 Å². The van der Waals surface area contributed by atoms with Crippen molar-refractivity contribution < 1.29 is 4.74 Å². The van der Waals surface area contributed by atoms with Crippen LogP contribution in [0.3, 0.4) is 0 Å². The van der Waals surface area contributed by atoms with Gasteiger partial charge in [-0.3, -0.25) is 4.98 Å². The van der Waals surface area contributed by atoms with E-state index in [0.29, 0.717) is 17.6 Å². The van der Waals surface area contributed by atoms with Gasteiger partial charge in [0.15, 0.2) is 0 Å². The van der Waals surface area contributed by atoms with Crippen LogP contribution in [-0.2, 0) is 6.54 Å². The van der Waals surface area contributed by atoms with Crippen LogP contribution >= 0.6 is 0 Å². The third kappa shape index (κ3) is 4.99. The first-order valence-electron chi connectivity index (χ1n) is 8.18. The molecule has 0 bridgehead atoms. The van der Waals surface area contributed by atoms with Gasteiger partial charge in [-0.25, -0.2) is 0 Å². The third-order valence-electron chi connectivity index (χ3n) is 4.20. The molecular formula is C18H30N2O. The van der Waals surface area contributed by atoms with Crippen molar-refractivity contribution in [3.8, 4) is 5.75 Å². The summed E-state index contributed by atoms with van der Waals surface area (Å²) in [6.07, 6.45) is 7.65. The monoisotopic (exact) mass is 290 g/mol. The van der Waals surface area contributed by atoms with E-state index in [1.165, 1.54) is 6.42 Å². The van der Waals surface area contributed by atoms with Gasteiger partial charge in [0.05, 0.1) is 6.10 Å². The number of ether oxygens (including phenoxy) is 1. The van der Waals surface area contributed by atoms with Crippen LogP contribution in [0.1, 0.15) is 59.4 Å². The average molecular weight is 290 g/mol. The Kier molecular flexibility index (Phi) is 5.26. The average Bonchev–Trinajstić information content (AvgIpc) is 2.35. The van der Waals surface area contributed by atoms with Crippen molar-refractivity contribution in [1.29, 1.82) is 0 Å². The van der Waals surface area contributed by atoms with Gasteiger partial charge in [0, 0.05) is 30.5 Å². The van der Waals surface area contributed by atoms with Crippen LogP contribution in [0, 0.1) is 11.3 Å². The molecule has 1 aromatic rings. The van der Waals surface area contributed by atoms with Crippen molar-refractivity contribution in [3.63, 3.8) is 0 Å². The smallest absolute Gasteiger partial charge is 0.127 e. The van der Waals surface area contributed by atoms with Gasteiger partial charge in [-0.05, 0) is 36.7 Å². The number of hydrogen-bond acceptors (Lipinski definition) is 3. The molecule has 1 aromatic heterocycles. The molecule has 3 nitrogen and oxygen atoms in total. The van der Waals surface area contributed by atoms with Gasteiger partial charge in [-0.15, -0.1) is 0 Å². The minimum absolute atomic E-state index is 0.323. The fourth-order valence-electron chi connectivity index (χ4n) is 3.50. The molecule has 0 radical (unpaired) electrons. The Balaban J connectivity index is 2.05. The molecule has 2 atom stereocenters. The summed E-state index contributed by atoms with van der Waals surface area (Å²) in [5.41, 5.74) is 1.54. The lowest BCUT2D eigenvalue weighted by atomic mass is 9.71. The van der Waals surface area contributed by atoms with Gasteiger partial charge in [0.2, 0.25) is 0 Å². The summed E-state index contributed by atoms with van der Waals surface area (Å²) in [6, 6.07) is 2.47. The van der Waals surface area contributed by atoms with E-state index in [-0.39, 0.29) is 0 Å². The van der Waals surface area contributed by atoms with Crippen molar-refractivity contribution in [2.45, 2.75) is 72.6 Å². The Morgan fingerprint density at radius 2 is 2.14 bits per heavy atom. The Labute approximate surface area is 129 Å². The minimum atomic E-state index is 0.323. The molecule has 118 valence electrons. The Morgan fingerprint density at radius 3 is 2.81 bits per heavy atom. The maximum atomic E-state index is 6.34.